The SMILES string of the molecule is Cc1cc(CN[C@@H]2CN(C(=O)c3ccco3)C[C@H]2c2cn(C)cn2)no1. The van der Waals surface area contributed by atoms with Gasteiger partial charge < -0.3 is 23.7 Å². The van der Waals surface area contributed by atoms with Crippen molar-refractivity contribution in [2.45, 2.75) is 25.4 Å². The summed E-state index contributed by atoms with van der Waals surface area (Å²) in [5, 5.41) is 7.52. The standard InChI is InChI=1S/C18H21N5O3/c1-12-6-13(21-26-12)7-19-16-10-23(18(24)17-4-3-5-25-17)8-14(16)15-9-22(2)11-20-15/h3-6,9,11,14,16,19H,7-8,10H2,1-2H3/t14-,16+/m0/s1. The smallest absolute Gasteiger partial charge is 0.289 e. The number of hydrogen-bond acceptors (Lipinski definition) is 6. The number of amides is 1. The molecule has 3 aromatic rings. The number of carbonyl (C=O) groups is 1. The summed E-state index contributed by atoms with van der Waals surface area (Å²) in [4.78, 5) is 19.0. The van der Waals surface area contributed by atoms with E-state index in [1.54, 1.807) is 18.5 Å². The first-order chi connectivity index (χ1) is 12.6. The van der Waals surface area contributed by atoms with Crippen LogP contribution in [0.15, 0.2) is 45.9 Å². The van der Waals surface area contributed by atoms with Crippen LogP contribution in [0.4, 0.5) is 0 Å². The first-order valence-corrected chi connectivity index (χ1v) is 8.56. The van der Waals surface area contributed by atoms with Gasteiger partial charge in [-0.2, -0.15) is 0 Å². The van der Waals surface area contributed by atoms with E-state index in [0.717, 1.165) is 17.1 Å². The van der Waals surface area contributed by atoms with E-state index in [1.165, 1.54) is 6.26 Å². The highest BCUT2D eigenvalue weighted by Gasteiger charge is 2.38. The van der Waals surface area contributed by atoms with Crippen LogP contribution in [-0.4, -0.2) is 44.6 Å². The van der Waals surface area contributed by atoms with Gasteiger partial charge in [0.25, 0.3) is 5.91 Å². The number of rotatable bonds is 5. The van der Waals surface area contributed by atoms with E-state index >= 15 is 0 Å². The molecule has 8 heteroatoms. The minimum Gasteiger partial charge on any atom is -0.459 e. The summed E-state index contributed by atoms with van der Waals surface area (Å²) in [5.74, 6) is 1.14. The Labute approximate surface area is 150 Å². The molecule has 1 fully saturated rings. The molecule has 8 nitrogen and oxygen atoms in total. The minimum atomic E-state index is -0.0995. The van der Waals surface area contributed by atoms with Crippen molar-refractivity contribution >= 4 is 5.91 Å². The highest BCUT2D eigenvalue weighted by molar-refractivity contribution is 5.91. The number of likely N-dealkylation sites (tertiary alicyclic amines) is 1. The van der Waals surface area contributed by atoms with Crippen LogP contribution in [0.5, 0.6) is 0 Å². The lowest BCUT2D eigenvalue weighted by molar-refractivity contribution is 0.0756. The summed E-state index contributed by atoms with van der Waals surface area (Å²) in [5.41, 5.74) is 1.81. The Morgan fingerprint density at radius 1 is 1.42 bits per heavy atom. The van der Waals surface area contributed by atoms with E-state index in [-0.39, 0.29) is 17.9 Å². The molecule has 0 saturated carbocycles. The van der Waals surface area contributed by atoms with Crippen molar-refractivity contribution in [2.24, 2.45) is 7.05 Å². The summed E-state index contributed by atoms with van der Waals surface area (Å²) in [6, 6.07) is 5.39. The Hall–Kier alpha value is -2.87. The van der Waals surface area contributed by atoms with Gasteiger partial charge in [-0.3, -0.25) is 4.79 Å². The van der Waals surface area contributed by atoms with Crippen molar-refractivity contribution in [1.29, 1.82) is 0 Å². The van der Waals surface area contributed by atoms with Crippen LogP contribution >= 0.6 is 0 Å². The first-order valence-electron chi connectivity index (χ1n) is 8.56. The molecule has 2 atom stereocenters. The lowest BCUT2D eigenvalue weighted by atomic mass is 10.0. The molecule has 4 rings (SSSR count). The van der Waals surface area contributed by atoms with Gasteiger partial charge in [-0.25, -0.2) is 4.98 Å². The van der Waals surface area contributed by atoms with Crippen molar-refractivity contribution in [3.8, 4) is 0 Å². The molecule has 4 heterocycles. The number of aromatic nitrogens is 3. The Kier molecular flexibility index (Phi) is 4.34. The van der Waals surface area contributed by atoms with Gasteiger partial charge in [0.1, 0.15) is 5.76 Å². The molecule has 0 aliphatic carbocycles. The second-order valence-corrected chi connectivity index (χ2v) is 6.67. The average molecular weight is 355 g/mol. The molecule has 1 amide bonds. The van der Waals surface area contributed by atoms with Crippen LogP contribution in [0.3, 0.4) is 0 Å². The zero-order valence-electron chi connectivity index (χ0n) is 14.8. The van der Waals surface area contributed by atoms with Crippen LogP contribution in [0, 0.1) is 6.92 Å². The fourth-order valence-electron chi connectivity index (χ4n) is 3.39. The molecule has 1 N–H and O–H groups in total. The van der Waals surface area contributed by atoms with E-state index in [0.29, 0.717) is 25.4 Å². The predicted octanol–water partition coefficient (Wildman–Crippen LogP) is 1.71. The molecule has 1 saturated heterocycles. The summed E-state index contributed by atoms with van der Waals surface area (Å²) >= 11 is 0. The molecule has 0 radical (unpaired) electrons. The van der Waals surface area contributed by atoms with Crippen LogP contribution in [0.1, 0.15) is 33.6 Å². The third kappa shape index (κ3) is 3.28. The topological polar surface area (TPSA) is 89.3 Å². The maximum atomic E-state index is 12.7. The number of furan rings is 1. The fourth-order valence-corrected chi connectivity index (χ4v) is 3.39. The lowest BCUT2D eigenvalue weighted by Crippen LogP contribution is -2.36. The number of nitrogens with zero attached hydrogens (tertiary/aromatic N) is 4. The Morgan fingerprint density at radius 3 is 2.96 bits per heavy atom. The highest BCUT2D eigenvalue weighted by Crippen LogP contribution is 2.28. The highest BCUT2D eigenvalue weighted by atomic mass is 16.5. The second kappa shape index (κ2) is 6.80. The van der Waals surface area contributed by atoms with E-state index in [1.807, 2.05) is 35.7 Å². The van der Waals surface area contributed by atoms with Crippen molar-refractivity contribution in [2.75, 3.05) is 13.1 Å². The largest absolute Gasteiger partial charge is 0.459 e. The summed E-state index contributed by atoms with van der Waals surface area (Å²) in [6.07, 6.45) is 5.30. The fraction of sp³-hybridized carbons (Fsp3) is 0.389. The van der Waals surface area contributed by atoms with Gasteiger partial charge in [0.2, 0.25) is 0 Å². The first kappa shape index (κ1) is 16.6. The molecule has 0 spiro atoms. The normalized spacial score (nSPS) is 20.0. The van der Waals surface area contributed by atoms with E-state index in [2.05, 4.69) is 15.5 Å². The number of aryl methyl sites for hydroxylation is 2. The Balaban J connectivity index is 1.51. The van der Waals surface area contributed by atoms with Crippen LogP contribution in [0.25, 0.3) is 0 Å². The molecule has 136 valence electrons. The molecule has 0 aromatic carbocycles. The van der Waals surface area contributed by atoms with Gasteiger partial charge in [-0.05, 0) is 19.1 Å². The van der Waals surface area contributed by atoms with Gasteiger partial charge in [0.05, 0.1) is 24.0 Å². The van der Waals surface area contributed by atoms with Crippen LogP contribution < -0.4 is 5.32 Å². The van der Waals surface area contributed by atoms with E-state index in [9.17, 15) is 4.79 Å². The quantitative estimate of drug-likeness (QED) is 0.749. The summed E-state index contributed by atoms with van der Waals surface area (Å²) in [6.45, 7) is 3.62. The molecule has 1 aliphatic heterocycles. The van der Waals surface area contributed by atoms with Gasteiger partial charge in [0, 0.05) is 50.9 Å². The van der Waals surface area contributed by atoms with Gasteiger partial charge in [0.15, 0.2) is 5.76 Å². The number of carbonyl (C=O) groups excluding carboxylic acids is 1. The van der Waals surface area contributed by atoms with E-state index < -0.39 is 0 Å². The van der Waals surface area contributed by atoms with Crippen molar-refractivity contribution in [3.63, 3.8) is 0 Å². The predicted molar refractivity (Wildman–Crippen MR) is 92.4 cm³/mol. The number of imidazole rings is 1. The molecule has 3 aromatic heterocycles. The summed E-state index contributed by atoms with van der Waals surface area (Å²) in [7, 11) is 1.94. The van der Waals surface area contributed by atoms with Crippen molar-refractivity contribution in [1.82, 2.24) is 24.9 Å². The zero-order valence-corrected chi connectivity index (χ0v) is 14.8. The van der Waals surface area contributed by atoms with Crippen molar-refractivity contribution < 1.29 is 13.7 Å². The second-order valence-electron chi connectivity index (χ2n) is 6.67. The molecular weight excluding hydrogens is 334 g/mol. The molecule has 1 aliphatic rings. The number of hydrogen-bond donors (Lipinski definition) is 1. The molecule has 0 unspecified atom stereocenters. The molecule has 0 bridgehead atoms. The average Bonchev–Trinajstić information content (AvgIpc) is 3.40. The zero-order chi connectivity index (χ0) is 18.1. The van der Waals surface area contributed by atoms with Gasteiger partial charge >= 0.3 is 0 Å². The molecular formula is C18H21N5O3. The monoisotopic (exact) mass is 355 g/mol. The third-order valence-corrected chi connectivity index (χ3v) is 4.67. The lowest BCUT2D eigenvalue weighted by Gasteiger charge is -2.17. The maximum absolute atomic E-state index is 12.7. The third-order valence-electron chi connectivity index (χ3n) is 4.67. The van der Waals surface area contributed by atoms with E-state index in [4.69, 9.17) is 8.94 Å². The van der Waals surface area contributed by atoms with Gasteiger partial charge in [-0.15, -0.1) is 0 Å². The Bertz CT molecular complexity index is 882. The summed E-state index contributed by atoms with van der Waals surface area (Å²) < 4.78 is 12.3. The molecule has 26 heavy (non-hydrogen) atoms. The minimum absolute atomic E-state index is 0.0702. The number of nitrogens with one attached hydrogen (secondary N) is 1. The van der Waals surface area contributed by atoms with Crippen LogP contribution in [-0.2, 0) is 13.6 Å². The Morgan fingerprint density at radius 2 is 2.31 bits per heavy atom. The van der Waals surface area contributed by atoms with Gasteiger partial charge in [-0.1, -0.05) is 5.16 Å². The van der Waals surface area contributed by atoms with Crippen LogP contribution in [0.2, 0.25) is 0 Å². The maximum Gasteiger partial charge on any atom is 0.289 e. The van der Waals surface area contributed by atoms with Crippen molar-refractivity contribution in [3.05, 3.63) is 59.9 Å².